The summed E-state index contributed by atoms with van der Waals surface area (Å²) in [6, 6.07) is 16.4. The lowest BCUT2D eigenvalue weighted by Gasteiger charge is -2.13. The Hall–Kier alpha value is -3.12. The first-order valence-electron chi connectivity index (χ1n) is 7.96. The van der Waals surface area contributed by atoms with Crippen LogP contribution in [0.5, 0.6) is 0 Å². The average Bonchev–Trinajstić information content (AvgIpc) is 2.64. The predicted molar refractivity (Wildman–Crippen MR) is 105 cm³/mol. The lowest BCUT2D eigenvalue weighted by molar-refractivity contribution is 0.102. The number of rotatable bonds is 5. The summed E-state index contributed by atoms with van der Waals surface area (Å²) < 4.78 is 0. The van der Waals surface area contributed by atoms with E-state index >= 15 is 0 Å². The van der Waals surface area contributed by atoms with Crippen LogP contribution in [0.1, 0.15) is 10.5 Å². The highest BCUT2D eigenvalue weighted by atomic mass is 35.5. The predicted octanol–water partition coefficient (Wildman–Crippen LogP) is 4.19. The van der Waals surface area contributed by atoms with Crippen LogP contribution in [0.15, 0.2) is 60.8 Å². The highest BCUT2D eigenvalue weighted by Gasteiger charge is 2.10. The number of carbonyl (C=O) groups excluding carboxylic acids is 1. The number of benzene rings is 2. The van der Waals surface area contributed by atoms with Crippen LogP contribution in [0.25, 0.3) is 0 Å². The zero-order valence-electron chi connectivity index (χ0n) is 14.4. The minimum atomic E-state index is -0.313. The molecule has 26 heavy (non-hydrogen) atoms. The summed E-state index contributed by atoms with van der Waals surface area (Å²) >= 11 is 6.12. The molecule has 0 aliphatic heterocycles. The molecule has 0 atom stereocenters. The SMILES string of the molecule is CN(C)c1ccc(NC(=O)c2ccnc(Nc3ccccc3Cl)n2)cc1. The van der Waals surface area contributed by atoms with Crippen LogP contribution >= 0.6 is 11.6 Å². The van der Waals surface area contributed by atoms with E-state index in [1.165, 1.54) is 6.20 Å². The maximum Gasteiger partial charge on any atom is 0.274 e. The largest absolute Gasteiger partial charge is 0.378 e. The zero-order valence-corrected chi connectivity index (χ0v) is 15.2. The van der Waals surface area contributed by atoms with Gasteiger partial charge in [0, 0.05) is 31.7 Å². The molecule has 3 aromatic rings. The van der Waals surface area contributed by atoms with Crippen LogP contribution in [0, 0.1) is 0 Å². The van der Waals surface area contributed by atoms with Crippen molar-refractivity contribution in [2.75, 3.05) is 29.6 Å². The highest BCUT2D eigenvalue weighted by molar-refractivity contribution is 6.33. The molecule has 0 bridgehead atoms. The smallest absolute Gasteiger partial charge is 0.274 e. The number of hydrogen-bond acceptors (Lipinski definition) is 5. The third-order valence-corrected chi connectivity index (χ3v) is 3.98. The molecule has 0 aliphatic rings. The minimum absolute atomic E-state index is 0.256. The van der Waals surface area contributed by atoms with Crippen LogP contribution in [-0.4, -0.2) is 30.0 Å². The Morgan fingerprint density at radius 2 is 1.77 bits per heavy atom. The first-order valence-corrected chi connectivity index (χ1v) is 8.34. The van der Waals surface area contributed by atoms with Gasteiger partial charge in [-0.25, -0.2) is 9.97 Å². The molecule has 0 saturated carbocycles. The first kappa shape index (κ1) is 17.7. The summed E-state index contributed by atoms with van der Waals surface area (Å²) in [5.74, 6) is -0.0130. The van der Waals surface area contributed by atoms with Gasteiger partial charge >= 0.3 is 0 Å². The number of anilines is 4. The molecule has 132 valence electrons. The van der Waals surface area contributed by atoms with E-state index < -0.39 is 0 Å². The maximum atomic E-state index is 12.4. The summed E-state index contributed by atoms with van der Waals surface area (Å²) in [4.78, 5) is 22.8. The highest BCUT2D eigenvalue weighted by Crippen LogP contribution is 2.23. The molecule has 0 aliphatic carbocycles. The molecular weight excluding hydrogens is 350 g/mol. The zero-order chi connectivity index (χ0) is 18.5. The lowest BCUT2D eigenvalue weighted by Crippen LogP contribution is -2.15. The molecule has 2 N–H and O–H groups in total. The Labute approximate surface area is 156 Å². The Morgan fingerprint density at radius 1 is 1.04 bits per heavy atom. The van der Waals surface area contributed by atoms with Gasteiger partial charge in [0.1, 0.15) is 5.69 Å². The molecule has 0 fully saturated rings. The van der Waals surface area contributed by atoms with Gasteiger partial charge < -0.3 is 15.5 Å². The molecule has 2 aromatic carbocycles. The third kappa shape index (κ3) is 4.29. The number of aromatic nitrogens is 2. The number of carbonyl (C=O) groups is 1. The van der Waals surface area contributed by atoms with E-state index in [-0.39, 0.29) is 11.6 Å². The van der Waals surface area contributed by atoms with Crippen LogP contribution in [0.3, 0.4) is 0 Å². The Morgan fingerprint density at radius 3 is 2.46 bits per heavy atom. The number of amides is 1. The second kappa shape index (κ2) is 7.84. The molecule has 3 rings (SSSR count). The van der Waals surface area contributed by atoms with Crippen molar-refractivity contribution in [3.8, 4) is 0 Å². The molecule has 1 amide bonds. The van der Waals surface area contributed by atoms with Crippen molar-refractivity contribution in [3.63, 3.8) is 0 Å². The lowest BCUT2D eigenvalue weighted by atomic mass is 10.2. The minimum Gasteiger partial charge on any atom is -0.378 e. The molecule has 0 saturated heterocycles. The van der Waals surface area contributed by atoms with Crippen LogP contribution in [0.4, 0.5) is 23.0 Å². The first-order chi connectivity index (χ1) is 12.5. The van der Waals surface area contributed by atoms with Crippen molar-refractivity contribution < 1.29 is 4.79 Å². The normalized spacial score (nSPS) is 10.3. The van der Waals surface area contributed by atoms with E-state index in [1.807, 2.05) is 61.5 Å². The van der Waals surface area contributed by atoms with Gasteiger partial charge in [-0.2, -0.15) is 0 Å². The Balaban J connectivity index is 1.73. The van der Waals surface area contributed by atoms with Crippen LogP contribution in [-0.2, 0) is 0 Å². The fourth-order valence-corrected chi connectivity index (χ4v) is 2.45. The van der Waals surface area contributed by atoms with Crippen LogP contribution in [0.2, 0.25) is 5.02 Å². The van der Waals surface area contributed by atoms with Gasteiger partial charge in [0.05, 0.1) is 10.7 Å². The van der Waals surface area contributed by atoms with E-state index in [2.05, 4.69) is 20.6 Å². The molecule has 1 aromatic heterocycles. The number of nitrogens with one attached hydrogen (secondary N) is 2. The fourth-order valence-electron chi connectivity index (χ4n) is 2.27. The number of para-hydroxylation sites is 1. The van der Waals surface area contributed by atoms with Gasteiger partial charge in [0.25, 0.3) is 5.91 Å². The molecule has 0 spiro atoms. The van der Waals surface area contributed by atoms with Gasteiger partial charge in [0.15, 0.2) is 0 Å². The number of halogens is 1. The summed E-state index contributed by atoms with van der Waals surface area (Å²) in [7, 11) is 3.92. The summed E-state index contributed by atoms with van der Waals surface area (Å²) in [5, 5.41) is 6.38. The Bertz CT molecular complexity index is 912. The molecule has 7 heteroatoms. The van der Waals surface area contributed by atoms with Crippen molar-refractivity contribution in [1.29, 1.82) is 0 Å². The van der Waals surface area contributed by atoms with Crippen molar-refractivity contribution in [1.82, 2.24) is 9.97 Å². The molecule has 6 nitrogen and oxygen atoms in total. The van der Waals surface area contributed by atoms with Gasteiger partial charge in [-0.05, 0) is 42.5 Å². The molecular formula is C19H18ClN5O. The average molecular weight is 368 g/mol. The third-order valence-electron chi connectivity index (χ3n) is 3.65. The topological polar surface area (TPSA) is 70.2 Å². The van der Waals surface area contributed by atoms with E-state index in [0.29, 0.717) is 22.3 Å². The van der Waals surface area contributed by atoms with Crippen molar-refractivity contribution in [3.05, 3.63) is 71.5 Å². The number of hydrogen-bond donors (Lipinski definition) is 2. The summed E-state index contributed by atoms with van der Waals surface area (Å²) in [6.07, 6.45) is 1.52. The second-order valence-electron chi connectivity index (χ2n) is 5.77. The van der Waals surface area contributed by atoms with Gasteiger partial charge in [-0.3, -0.25) is 4.79 Å². The summed E-state index contributed by atoms with van der Waals surface area (Å²) in [6.45, 7) is 0. The van der Waals surface area contributed by atoms with Crippen molar-refractivity contribution in [2.45, 2.75) is 0 Å². The van der Waals surface area contributed by atoms with Crippen LogP contribution < -0.4 is 15.5 Å². The van der Waals surface area contributed by atoms with E-state index in [9.17, 15) is 4.79 Å². The van der Waals surface area contributed by atoms with E-state index in [1.54, 1.807) is 12.1 Å². The summed E-state index contributed by atoms with van der Waals surface area (Å²) in [5.41, 5.74) is 2.67. The monoisotopic (exact) mass is 367 g/mol. The van der Waals surface area contributed by atoms with Crippen molar-refractivity contribution in [2.24, 2.45) is 0 Å². The molecule has 0 unspecified atom stereocenters. The fraction of sp³-hybridized carbons (Fsp3) is 0.105. The van der Waals surface area contributed by atoms with E-state index in [4.69, 9.17) is 11.6 Å². The Kier molecular flexibility index (Phi) is 5.34. The van der Waals surface area contributed by atoms with Gasteiger partial charge in [0.2, 0.25) is 5.95 Å². The number of nitrogens with zero attached hydrogens (tertiary/aromatic N) is 3. The second-order valence-corrected chi connectivity index (χ2v) is 6.17. The van der Waals surface area contributed by atoms with Gasteiger partial charge in [-0.15, -0.1) is 0 Å². The van der Waals surface area contributed by atoms with Gasteiger partial charge in [-0.1, -0.05) is 23.7 Å². The molecule has 0 radical (unpaired) electrons. The van der Waals surface area contributed by atoms with E-state index in [0.717, 1.165) is 5.69 Å². The maximum absolute atomic E-state index is 12.4. The standard InChI is InChI=1S/C19H18ClN5O/c1-25(2)14-9-7-13(8-10-14)22-18(26)17-11-12-21-19(24-17)23-16-6-4-3-5-15(16)20/h3-12H,1-2H3,(H,22,26)(H,21,23,24). The molecule has 1 heterocycles. The quantitative estimate of drug-likeness (QED) is 0.707. The van der Waals surface area contributed by atoms with Crippen molar-refractivity contribution >= 4 is 40.5 Å².